The van der Waals surface area contributed by atoms with Crippen molar-refractivity contribution in [2.24, 2.45) is 4.99 Å². The van der Waals surface area contributed by atoms with Crippen molar-refractivity contribution in [2.45, 2.75) is 6.92 Å². The van der Waals surface area contributed by atoms with E-state index in [1.54, 1.807) is 0 Å². The topological polar surface area (TPSA) is 38.7 Å². The molecule has 0 heterocycles. The van der Waals surface area contributed by atoms with Gasteiger partial charge in [0.1, 0.15) is 11.4 Å². The molecule has 3 nitrogen and oxygen atoms in total. The lowest BCUT2D eigenvalue weighted by Gasteiger charge is -2.07. The Bertz CT molecular complexity index is 412. The maximum atomic E-state index is 13.1. The number of rotatable bonds is 2. The number of ether oxygens (including phenoxy) is 1. The number of halogens is 2. The van der Waals surface area contributed by atoms with E-state index in [0.29, 0.717) is 0 Å². The first kappa shape index (κ1) is 10.3. The Morgan fingerprint density at radius 1 is 1.43 bits per heavy atom. The van der Waals surface area contributed by atoms with Gasteiger partial charge in [0.2, 0.25) is 6.08 Å². The number of hydrogen-bond acceptors (Lipinski definition) is 3. The molecule has 0 fully saturated rings. The lowest BCUT2D eigenvalue weighted by atomic mass is 10.2. The van der Waals surface area contributed by atoms with Crippen LogP contribution in [-0.4, -0.2) is 13.2 Å². The molecule has 0 aliphatic rings. The largest absolute Gasteiger partial charge is 0.496 e. The van der Waals surface area contributed by atoms with Crippen LogP contribution in [0.1, 0.15) is 5.56 Å². The van der Waals surface area contributed by atoms with Crippen molar-refractivity contribution in [1.82, 2.24) is 0 Å². The molecule has 0 amide bonds. The molecular weight excluding hydrogens is 192 g/mol. The van der Waals surface area contributed by atoms with Crippen LogP contribution in [-0.2, 0) is 4.79 Å². The molecule has 0 radical (unpaired) electrons. The molecule has 0 unspecified atom stereocenters. The average molecular weight is 199 g/mol. The van der Waals surface area contributed by atoms with E-state index in [9.17, 15) is 13.6 Å². The van der Waals surface area contributed by atoms with E-state index in [2.05, 4.69) is 4.99 Å². The number of isocyanates is 1. The fraction of sp³-hybridized carbons (Fsp3) is 0.222. The zero-order valence-electron chi connectivity index (χ0n) is 7.60. The second-order valence-corrected chi connectivity index (χ2v) is 2.55. The van der Waals surface area contributed by atoms with Gasteiger partial charge in [-0.05, 0) is 6.92 Å². The van der Waals surface area contributed by atoms with Crippen LogP contribution in [0.25, 0.3) is 0 Å². The van der Waals surface area contributed by atoms with Crippen molar-refractivity contribution in [3.05, 3.63) is 23.3 Å². The number of benzene rings is 1. The number of methoxy groups -OCH3 is 1. The zero-order chi connectivity index (χ0) is 10.7. The smallest absolute Gasteiger partial charge is 0.240 e. The van der Waals surface area contributed by atoms with E-state index in [0.717, 1.165) is 12.1 Å². The highest BCUT2D eigenvalue weighted by Crippen LogP contribution is 2.30. The minimum absolute atomic E-state index is 0.0369. The molecule has 1 rings (SSSR count). The molecule has 0 aliphatic carbocycles. The lowest BCUT2D eigenvalue weighted by molar-refractivity contribution is 0.402. The summed E-state index contributed by atoms with van der Waals surface area (Å²) in [6.45, 7) is 1.37. The van der Waals surface area contributed by atoms with Crippen molar-refractivity contribution in [3.63, 3.8) is 0 Å². The summed E-state index contributed by atoms with van der Waals surface area (Å²) < 4.78 is 31.0. The summed E-state index contributed by atoms with van der Waals surface area (Å²) in [5, 5.41) is 0. The third-order valence-electron chi connectivity index (χ3n) is 1.77. The van der Waals surface area contributed by atoms with Crippen LogP contribution in [0.4, 0.5) is 14.5 Å². The average Bonchev–Trinajstić information content (AvgIpc) is 2.19. The summed E-state index contributed by atoms with van der Waals surface area (Å²) in [5.41, 5.74) is -0.380. The maximum Gasteiger partial charge on any atom is 0.240 e. The van der Waals surface area contributed by atoms with Gasteiger partial charge < -0.3 is 4.74 Å². The van der Waals surface area contributed by atoms with Crippen molar-refractivity contribution in [1.29, 1.82) is 0 Å². The summed E-state index contributed by atoms with van der Waals surface area (Å²) in [5.74, 6) is -2.11. The third-order valence-corrected chi connectivity index (χ3v) is 1.77. The molecule has 14 heavy (non-hydrogen) atoms. The normalized spacial score (nSPS) is 9.43. The summed E-state index contributed by atoms with van der Waals surface area (Å²) in [6.07, 6.45) is 1.14. The molecule has 74 valence electrons. The monoisotopic (exact) mass is 199 g/mol. The zero-order valence-corrected chi connectivity index (χ0v) is 7.60. The van der Waals surface area contributed by atoms with Crippen LogP contribution in [0.5, 0.6) is 5.75 Å². The summed E-state index contributed by atoms with van der Waals surface area (Å²) in [6, 6.07) is 1.14. The molecule has 0 saturated carbocycles. The molecule has 0 saturated heterocycles. The van der Waals surface area contributed by atoms with Crippen molar-refractivity contribution in [3.8, 4) is 5.75 Å². The highest BCUT2D eigenvalue weighted by atomic mass is 19.2. The van der Waals surface area contributed by atoms with Gasteiger partial charge in [-0.1, -0.05) is 0 Å². The van der Waals surface area contributed by atoms with E-state index in [1.807, 2.05) is 0 Å². The molecule has 0 N–H and O–H groups in total. The van der Waals surface area contributed by atoms with E-state index in [-0.39, 0.29) is 11.3 Å². The van der Waals surface area contributed by atoms with E-state index in [1.165, 1.54) is 14.0 Å². The van der Waals surface area contributed by atoms with Gasteiger partial charge >= 0.3 is 0 Å². The predicted molar refractivity (Wildman–Crippen MR) is 45.4 cm³/mol. The quantitative estimate of drug-likeness (QED) is 0.541. The fourth-order valence-corrected chi connectivity index (χ4v) is 1.02. The lowest BCUT2D eigenvalue weighted by Crippen LogP contribution is -1.94. The van der Waals surface area contributed by atoms with Gasteiger partial charge in [0.05, 0.1) is 7.11 Å². The number of hydrogen-bond donors (Lipinski definition) is 0. The van der Waals surface area contributed by atoms with Gasteiger partial charge in [0.25, 0.3) is 0 Å². The minimum atomic E-state index is -1.17. The van der Waals surface area contributed by atoms with Gasteiger partial charge in [-0.15, -0.1) is 0 Å². The Morgan fingerprint density at radius 2 is 2.07 bits per heavy atom. The number of aliphatic imine (C=N–C) groups is 1. The third kappa shape index (κ3) is 1.63. The van der Waals surface area contributed by atoms with Crippen LogP contribution in [0, 0.1) is 18.6 Å². The summed E-state index contributed by atoms with van der Waals surface area (Å²) in [7, 11) is 1.31. The van der Waals surface area contributed by atoms with Crippen LogP contribution in [0.3, 0.4) is 0 Å². The Kier molecular flexibility index (Phi) is 2.94. The Balaban J connectivity index is 3.47. The van der Waals surface area contributed by atoms with Crippen molar-refractivity contribution < 1.29 is 18.3 Å². The van der Waals surface area contributed by atoms with Crippen LogP contribution >= 0.6 is 0 Å². The Hall–Kier alpha value is -1.74. The molecule has 1 aromatic carbocycles. The molecule has 0 aliphatic heterocycles. The molecule has 1 aromatic rings. The molecular formula is C9H7F2NO2. The Morgan fingerprint density at radius 3 is 2.57 bits per heavy atom. The maximum absolute atomic E-state index is 13.1. The standard InChI is InChI=1S/C9H7F2NO2/c1-5-7(14-2)3-6(12-4-13)9(11)8(5)10/h3H,1-2H3. The van der Waals surface area contributed by atoms with E-state index < -0.39 is 17.3 Å². The van der Waals surface area contributed by atoms with Crippen molar-refractivity contribution in [2.75, 3.05) is 7.11 Å². The van der Waals surface area contributed by atoms with Gasteiger partial charge in [0.15, 0.2) is 11.6 Å². The summed E-state index contributed by atoms with van der Waals surface area (Å²) >= 11 is 0. The van der Waals surface area contributed by atoms with Crippen molar-refractivity contribution >= 4 is 11.8 Å². The highest BCUT2D eigenvalue weighted by Gasteiger charge is 2.15. The van der Waals surface area contributed by atoms with Crippen LogP contribution < -0.4 is 4.74 Å². The van der Waals surface area contributed by atoms with Gasteiger partial charge in [-0.3, -0.25) is 0 Å². The van der Waals surface area contributed by atoms with E-state index >= 15 is 0 Å². The number of nitrogens with zero attached hydrogens (tertiary/aromatic N) is 1. The van der Waals surface area contributed by atoms with Gasteiger partial charge in [0, 0.05) is 11.6 Å². The first-order valence-electron chi connectivity index (χ1n) is 3.72. The van der Waals surface area contributed by atoms with E-state index in [4.69, 9.17) is 4.74 Å². The molecule has 0 bridgehead atoms. The summed E-state index contributed by atoms with van der Waals surface area (Å²) in [4.78, 5) is 12.9. The second kappa shape index (κ2) is 3.98. The Labute approximate surface area is 79.0 Å². The van der Waals surface area contributed by atoms with Crippen LogP contribution in [0.2, 0.25) is 0 Å². The molecule has 0 aromatic heterocycles. The highest BCUT2D eigenvalue weighted by molar-refractivity contribution is 5.55. The van der Waals surface area contributed by atoms with Gasteiger partial charge in [-0.2, -0.15) is 4.99 Å². The molecule has 5 heteroatoms. The SMILES string of the molecule is COc1cc(N=C=O)c(F)c(F)c1C. The first-order chi connectivity index (χ1) is 6.61. The molecule has 0 spiro atoms. The minimum Gasteiger partial charge on any atom is -0.496 e. The first-order valence-corrected chi connectivity index (χ1v) is 3.72. The van der Waals surface area contributed by atoms with Crippen LogP contribution in [0.15, 0.2) is 11.1 Å². The predicted octanol–water partition coefficient (Wildman–Crippen LogP) is 2.25. The number of carbonyl (C=O) groups excluding carboxylic acids is 1. The second-order valence-electron chi connectivity index (χ2n) is 2.55. The fourth-order valence-electron chi connectivity index (χ4n) is 1.02. The van der Waals surface area contributed by atoms with Gasteiger partial charge in [-0.25, -0.2) is 13.6 Å². The molecule has 0 atom stereocenters.